The summed E-state index contributed by atoms with van der Waals surface area (Å²) in [6.45, 7) is -0.104. The topological polar surface area (TPSA) is 102 Å². The van der Waals surface area contributed by atoms with Crippen LogP contribution in [0, 0.1) is 0 Å². The Morgan fingerprint density at radius 1 is 1.11 bits per heavy atom. The Labute approximate surface area is 156 Å². The van der Waals surface area contributed by atoms with Crippen molar-refractivity contribution in [3.05, 3.63) is 65.7 Å². The molecule has 1 aromatic carbocycles. The summed E-state index contributed by atoms with van der Waals surface area (Å²) in [7, 11) is 0. The molecule has 0 aliphatic heterocycles. The molecular formula is C17H14F3N5O3. The van der Waals surface area contributed by atoms with Gasteiger partial charge in [-0.3, -0.25) is 14.2 Å². The van der Waals surface area contributed by atoms with E-state index in [2.05, 4.69) is 15.5 Å². The van der Waals surface area contributed by atoms with Crippen molar-refractivity contribution >= 4 is 17.6 Å². The molecule has 2 heterocycles. The number of amides is 1. The van der Waals surface area contributed by atoms with Gasteiger partial charge < -0.3 is 10.4 Å². The number of nitrogens with zero attached hydrogens (tertiary/aromatic N) is 4. The van der Waals surface area contributed by atoms with Gasteiger partial charge in [-0.15, -0.1) is 0 Å². The van der Waals surface area contributed by atoms with Gasteiger partial charge in [0, 0.05) is 12.4 Å². The van der Waals surface area contributed by atoms with E-state index in [0.717, 1.165) is 18.3 Å². The first-order valence-electron chi connectivity index (χ1n) is 7.95. The number of nitrogens with one attached hydrogen (secondary N) is 1. The number of carboxylic acid groups (broad SMARTS) is 1. The van der Waals surface area contributed by atoms with Crippen molar-refractivity contribution in [3.8, 4) is 0 Å². The van der Waals surface area contributed by atoms with Gasteiger partial charge in [0.25, 0.3) is 0 Å². The highest BCUT2D eigenvalue weighted by Gasteiger charge is 2.30. The van der Waals surface area contributed by atoms with Crippen molar-refractivity contribution in [2.45, 2.75) is 19.3 Å². The lowest BCUT2D eigenvalue weighted by molar-refractivity contribution is -0.137. The Hall–Kier alpha value is -3.63. The zero-order valence-electron chi connectivity index (χ0n) is 14.2. The van der Waals surface area contributed by atoms with E-state index in [-0.39, 0.29) is 18.7 Å². The normalized spacial score (nSPS) is 11.4. The summed E-state index contributed by atoms with van der Waals surface area (Å²) in [5, 5.41) is 19.2. The third-order valence-electron chi connectivity index (χ3n) is 3.70. The first kappa shape index (κ1) is 19.1. The number of hydrogen-bond donors (Lipinski definition) is 2. The molecule has 3 aromatic rings. The molecule has 11 heteroatoms. The molecule has 0 fully saturated rings. The van der Waals surface area contributed by atoms with Crippen LogP contribution in [0.1, 0.15) is 21.5 Å². The first-order valence-corrected chi connectivity index (χ1v) is 7.95. The van der Waals surface area contributed by atoms with Crippen LogP contribution in [0.5, 0.6) is 0 Å². The standard InChI is InChI=1S/C17H14F3N5O3/c18-17(19,20)13-3-1-2-11(4-13)7-24-9-14(6-22-24)23-15(26)10-25-8-12(5-21-25)16(27)28/h1-6,8-9H,7,10H2,(H,23,26)(H,27,28). The molecule has 0 saturated carbocycles. The van der Waals surface area contributed by atoms with Crippen LogP contribution in [0.3, 0.4) is 0 Å². The highest BCUT2D eigenvalue weighted by atomic mass is 19.4. The Morgan fingerprint density at radius 3 is 2.54 bits per heavy atom. The number of hydrogen-bond acceptors (Lipinski definition) is 4. The number of aromatic carboxylic acids is 1. The second kappa shape index (κ2) is 7.55. The smallest absolute Gasteiger partial charge is 0.416 e. The predicted octanol–water partition coefficient (Wildman–Crippen LogP) is 2.48. The number of anilines is 1. The number of carbonyl (C=O) groups is 2. The number of alkyl halides is 3. The van der Waals surface area contributed by atoms with Crippen molar-refractivity contribution in [1.82, 2.24) is 19.6 Å². The van der Waals surface area contributed by atoms with Crippen LogP contribution in [-0.4, -0.2) is 36.5 Å². The second-order valence-electron chi connectivity index (χ2n) is 5.90. The van der Waals surface area contributed by atoms with Gasteiger partial charge in [0.1, 0.15) is 6.54 Å². The van der Waals surface area contributed by atoms with Crippen molar-refractivity contribution in [2.24, 2.45) is 0 Å². The molecule has 8 nitrogen and oxygen atoms in total. The number of rotatable bonds is 6. The summed E-state index contributed by atoms with van der Waals surface area (Å²) >= 11 is 0. The second-order valence-corrected chi connectivity index (χ2v) is 5.90. The molecule has 0 unspecified atom stereocenters. The molecule has 0 aliphatic carbocycles. The largest absolute Gasteiger partial charge is 0.478 e. The summed E-state index contributed by atoms with van der Waals surface area (Å²) in [6, 6.07) is 4.90. The third kappa shape index (κ3) is 4.75. The SMILES string of the molecule is O=C(Cn1cc(C(=O)O)cn1)Nc1cnn(Cc2cccc(C(F)(F)F)c2)c1. The van der Waals surface area contributed by atoms with E-state index < -0.39 is 23.6 Å². The number of carboxylic acids is 1. The maximum atomic E-state index is 12.8. The fourth-order valence-corrected chi connectivity index (χ4v) is 2.46. The number of halogens is 3. The fourth-order valence-electron chi connectivity index (χ4n) is 2.46. The number of aromatic nitrogens is 4. The molecule has 0 saturated heterocycles. The lowest BCUT2D eigenvalue weighted by Gasteiger charge is -2.08. The number of carbonyl (C=O) groups excluding carboxylic acids is 1. The highest BCUT2D eigenvalue weighted by molar-refractivity contribution is 5.90. The molecule has 28 heavy (non-hydrogen) atoms. The van der Waals surface area contributed by atoms with E-state index in [4.69, 9.17) is 5.11 Å². The minimum atomic E-state index is -4.42. The molecular weight excluding hydrogens is 379 g/mol. The maximum absolute atomic E-state index is 12.8. The van der Waals surface area contributed by atoms with Crippen molar-refractivity contribution in [1.29, 1.82) is 0 Å². The van der Waals surface area contributed by atoms with E-state index in [1.165, 1.54) is 34.0 Å². The van der Waals surface area contributed by atoms with Crippen LogP contribution >= 0.6 is 0 Å². The lowest BCUT2D eigenvalue weighted by Crippen LogP contribution is -2.18. The zero-order chi connectivity index (χ0) is 20.3. The van der Waals surface area contributed by atoms with Gasteiger partial charge in [-0.05, 0) is 17.7 Å². The van der Waals surface area contributed by atoms with Crippen molar-refractivity contribution < 1.29 is 27.9 Å². The molecule has 0 aliphatic rings. The third-order valence-corrected chi connectivity index (χ3v) is 3.70. The van der Waals surface area contributed by atoms with Gasteiger partial charge in [0.2, 0.25) is 5.91 Å². The van der Waals surface area contributed by atoms with Crippen LogP contribution in [0.25, 0.3) is 0 Å². The average molecular weight is 393 g/mol. The molecule has 0 spiro atoms. The van der Waals surface area contributed by atoms with Gasteiger partial charge in [-0.25, -0.2) is 4.79 Å². The quantitative estimate of drug-likeness (QED) is 0.670. The van der Waals surface area contributed by atoms with E-state index in [1.807, 2.05) is 0 Å². The average Bonchev–Trinajstić information content (AvgIpc) is 3.24. The van der Waals surface area contributed by atoms with Crippen LogP contribution in [0.4, 0.5) is 18.9 Å². The number of benzene rings is 1. The Kier molecular flexibility index (Phi) is 5.16. The fraction of sp³-hybridized carbons (Fsp3) is 0.176. The molecule has 0 bridgehead atoms. The Morgan fingerprint density at radius 2 is 1.86 bits per heavy atom. The molecule has 0 atom stereocenters. The van der Waals surface area contributed by atoms with Crippen LogP contribution in [0.15, 0.2) is 49.1 Å². The molecule has 146 valence electrons. The van der Waals surface area contributed by atoms with Crippen LogP contribution < -0.4 is 5.32 Å². The van der Waals surface area contributed by atoms with Gasteiger partial charge in [0.05, 0.1) is 35.8 Å². The minimum absolute atomic E-state index is 0.0401. The van der Waals surface area contributed by atoms with E-state index in [9.17, 15) is 22.8 Å². The van der Waals surface area contributed by atoms with Gasteiger partial charge in [0.15, 0.2) is 0 Å². The molecule has 3 rings (SSSR count). The molecule has 2 N–H and O–H groups in total. The van der Waals surface area contributed by atoms with Crippen LogP contribution in [0.2, 0.25) is 0 Å². The Balaban J connectivity index is 1.61. The van der Waals surface area contributed by atoms with Crippen molar-refractivity contribution in [3.63, 3.8) is 0 Å². The minimum Gasteiger partial charge on any atom is -0.478 e. The lowest BCUT2D eigenvalue weighted by atomic mass is 10.1. The first-order chi connectivity index (χ1) is 13.2. The predicted molar refractivity (Wildman–Crippen MR) is 90.6 cm³/mol. The zero-order valence-corrected chi connectivity index (χ0v) is 14.2. The summed E-state index contributed by atoms with van der Waals surface area (Å²) in [6.07, 6.45) is 0.759. The van der Waals surface area contributed by atoms with Gasteiger partial charge in [-0.2, -0.15) is 23.4 Å². The van der Waals surface area contributed by atoms with Gasteiger partial charge >= 0.3 is 12.1 Å². The Bertz CT molecular complexity index is 1010. The van der Waals surface area contributed by atoms with Gasteiger partial charge in [-0.1, -0.05) is 12.1 Å². The molecule has 0 radical (unpaired) electrons. The van der Waals surface area contributed by atoms with E-state index in [1.54, 1.807) is 6.07 Å². The van der Waals surface area contributed by atoms with Crippen LogP contribution in [-0.2, 0) is 24.1 Å². The summed E-state index contributed by atoms with van der Waals surface area (Å²) in [4.78, 5) is 22.8. The summed E-state index contributed by atoms with van der Waals surface area (Å²) in [5.74, 6) is -1.61. The summed E-state index contributed by atoms with van der Waals surface area (Å²) < 4.78 is 40.9. The molecule has 2 aromatic heterocycles. The van der Waals surface area contributed by atoms with E-state index in [0.29, 0.717) is 11.3 Å². The highest BCUT2D eigenvalue weighted by Crippen LogP contribution is 2.29. The maximum Gasteiger partial charge on any atom is 0.416 e. The van der Waals surface area contributed by atoms with Crippen molar-refractivity contribution in [2.75, 3.05) is 5.32 Å². The summed E-state index contributed by atoms with van der Waals surface area (Å²) in [5.41, 5.74) is -0.0246. The van der Waals surface area contributed by atoms with E-state index >= 15 is 0 Å². The molecule has 1 amide bonds. The monoisotopic (exact) mass is 393 g/mol.